The molecule has 3 unspecified atom stereocenters. The van der Waals surface area contributed by atoms with Crippen molar-refractivity contribution < 1.29 is 9.59 Å². The van der Waals surface area contributed by atoms with Crippen molar-refractivity contribution in [2.75, 3.05) is 11.9 Å². The zero-order valence-electron chi connectivity index (χ0n) is 16.6. The minimum atomic E-state index is -0.377. The zero-order valence-corrected chi connectivity index (χ0v) is 16.6. The highest BCUT2D eigenvalue weighted by atomic mass is 16.2. The molecule has 1 saturated heterocycles. The van der Waals surface area contributed by atoms with Gasteiger partial charge in [-0.1, -0.05) is 37.3 Å². The van der Waals surface area contributed by atoms with Gasteiger partial charge < -0.3 is 16.0 Å². The van der Waals surface area contributed by atoms with Gasteiger partial charge in [-0.05, 0) is 56.0 Å². The van der Waals surface area contributed by atoms with E-state index in [0.717, 1.165) is 24.9 Å². The van der Waals surface area contributed by atoms with Crippen LogP contribution in [-0.2, 0) is 4.79 Å². The fourth-order valence-corrected chi connectivity index (χ4v) is 3.64. The van der Waals surface area contributed by atoms with Crippen LogP contribution in [0.25, 0.3) is 0 Å². The summed E-state index contributed by atoms with van der Waals surface area (Å²) in [7, 11) is 0. The Morgan fingerprint density at radius 3 is 2.39 bits per heavy atom. The van der Waals surface area contributed by atoms with Gasteiger partial charge in [0, 0.05) is 29.9 Å². The smallest absolute Gasteiger partial charge is 0.254 e. The molecule has 0 aromatic heterocycles. The van der Waals surface area contributed by atoms with E-state index in [1.54, 1.807) is 24.3 Å². The number of carbonyl (C=O) groups is 2. The van der Waals surface area contributed by atoms with Gasteiger partial charge in [0.15, 0.2) is 0 Å². The molecule has 0 radical (unpaired) electrons. The Labute approximate surface area is 166 Å². The quantitative estimate of drug-likeness (QED) is 0.825. The number of piperidine rings is 1. The first-order valence-corrected chi connectivity index (χ1v) is 10.00. The van der Waals surface area contributed by atoms with Crippen molar-refractivity contribution in [3.05, 3.63) is 65.7 Å². The van der Waals surface area contributed by atoms with Gasteiger partial charge in [-0.2, -0.15) is 0 Å². The minimum absolute atomic E-state index is 0.0598. The summed E-state index contributed by atoms with van der Waals surface area (Å²) in [6.07, 6.45) is 3.29. The van der Waals surface area contributed by atoms with Crippen molar-refractivity contribution in [2.24, 2.45) is 11.7 Å². The first kappa shape index (κ1) is 20.1. The lowest BCUT2D eigenvalue weighted by molar-refractivity contribution is -0.120. The molecule has 3 atom stereocenters. The van der Waals surface area contributed by atoms with Gasteiger partial charge in [-0.3, -0.25) is 9.59 Å². The second-order valence-corrected chi connectivity index (χ2v) is 7.64. The van der Waals surface area contributed by atoms with Crippen LogP contribution >= 0.6 is 0 Å². The first-order chi connectivity index (χ1) is 13.5. The van der Waals surface area contributed by atoms with E-state index in [0.29, 0.717) is 11.3 Å². The highest BCUT2D eigenvalue weighted by Gasteiger charge is 2.25. The molecule has 1 aliphatic heterocycles. The number of likely N-dealkylation sites (tertiary alicyclic amines) is 1. The number of nitrogens with two attached hydrogens (primary N) is 1. The molecule has 28 heavy (non-hydrogen) atoms. The zero-order chi connectivity index (χ0) is 20.1. The molecule has 2 amide bonds. The fourth-order valence-electron chi connectivity index (χ4n) is 3.64. The lowest BCUT2D eigenvalue weighted by Gasteiger charge is -2.33. The minimum Gasteiger partial charge on any atom is -0.336 e. The van der Waals surface area contributed by atoms with E-state index in [1.165, 1.54) is 6.42 Å². The summed E-state index contributed by atoms with van der Waals surface area (Å²) in [5, 5.41) is 2.90. The van der Waals surface area contributed by atoms with Crippen LogP contribution in [0.2, 0.25) is 0 Å². The molecular weight excluding hydrogens is 350 g/mol. The molecule has 0 bridgehead atoms. The number of carbonyl (C=O) groups excluding carboxylic acids is 2. The molecule has 0 aliphatic carbocycles. The molecule has 1 fully saturated rings. The summed E-state index contributed by atoms with van der Waals surface area (Å²) in [5.74, 6) is -0.456. The van der Waals surface area contributed by atoms with Crippen LogP contribution < -0.4 is 11.1 Å². The second-order valence-electron chi connectivity index (χ2n) is 7.64. The summed E-state index contributed by atoms with van der Waals surface area (Å²) in [5.41, 5.74) is 8.49. The Bertz CT molecular complexity index is 804. The largest absolute Gasteiger partial charge is 0.336 e. The molecule has 148 valence electrons. The van der Waals surface area contributed by atoms with Gasteiger partial charge in [0.05, 0.1) is 5.92 Å². The summed E-state index contributed by atoms with van der Waals surface area (Å²) in [6.45, 7) is 4.74. The van der Waals surface area contributed by atoms with Crippen LogP contribution in [0.5, 0.6) is 0 Å². The number of anilines is 1. The monoisotopic (exact) mass is 379 g/mol. The van der Waals surface area contributed by atoms with Crippen LogP contribution in [0.3, 0.4) is 0 Å². The van der Waals surface area contributed by atoms with E-state index >= 15 is 0 Å². The average Bonchev–Trinajstić information content (AvgIpc) is 2.73. The number of hydrogen-bond donors (Lipinski definition) is 2. The first-order valence-electron chi connectivity index (χ1n) is 10.00. The van der Waals surface area contributed by atoms with Crippen molar-refractivity contribution in [2.45, 2.75) is 45.2 Å². The predicted octanol–water partition coefficient (Wildman–Crippen LogP) is 3.98. The summed E-state index contributed by atoms with van der Waals surface area (Å²) < 4.78 is 0. The van der Waals surface area contributed by atoms with Crippen LogP contribution in [-0.4, -0.2) is 29.3 Å². The molecular formula is C23H29N3O2. The van der Waals surface area contributed by atoms with Gasteiger partial charge in [0.25, 0.3) is 5.91 Å². The predicted molar refractivity (Wildman–Crippen MR) is 112 cm³/mol. The van der Waals surface area contributed by atoms with E-state index in [1.807, 2.05) is 42.2 Å². The third-order valence-electron chi connectivity index (χ3n) is 5.60. The van der Waals surface area contributed by atoms with Crippen LogP contribution in [0.15, 0.2) is 54.6 Å². The number of benzene rings is 2. The van der Waals surface area contributed by atoms with Crippen LogP contribution in [0, 0.1) is 5.92 Å². The second kappa shape index (κ2) is 9.02. The lowest BCUT2D eigenvalue weighted by Crippen LogP contribution is -2.42. The Hall–Kier alpha value is -2.66. The maximum absolute atomic E-state index is 12.7. The molecule has 5 nitrogen and oxygen atoms in total. The highest BCUT2D eigenvalue weighted by molar-refractivity contribution is 5.96. The number of rotatable bonds is 5. The van der Waals surface area contributed by atoms with Crippen molar-refractivity contribution >= 4 is 17.5 Å². The molecule has 3 N–H and O–H groups in total. The topological polar surface area (TPSA) is 75.4 Å². The number of amides is 2. The number of nitrogens with zero attached hydrogens (tertiary/aromatic N) is 1. The lowest BCUT2D eigenvalue weighted by atomic mass is 9.94. The van der Waals surface area contributed by atoms with Gasteiger partial charge in [-0.15, -0.1) is 0 Å². The Kier molecular flexibility index (Phi) is 6.47. The maximum Gasteiger partial charge on any atom is 0.254 e. The molecule has 0 saturated carbocycles. The van der Waals surface area contributed by atoms with E-state index < -0.39 is 0 Å². The molecule has 5 heteroatoms. The summed E-state index contributed by atoms with van der Waals surface area (Å²) in [6, 6.07) is 16.6. The summed E-state index contributed by atoms with van der Waals surface area (Å²) in [4.78, 5) is 27.2. The molecule has 0 spiro atoms. The maximum atomic E-state index is 12.7. The van der Waals surface area contributed by atoms with Crippen molar-refractivity contribution in [1.29, 1.82) is 0 Å². The van der Waals surface area contributed by atoms with E-state index in [2.05, 4.69) is 12.2 Å². The van der Waals surface area contributed by atoms with E-state index in [4.69, 9.17) is 5.73 Å². The van der Waals surface area contributed by atoms with E-state index in [9.17, 15) is 9.59 Å². The Morgan fingerprint density at radius 2 is 1.75 bits per heavy atom. The molecule has 1 heterocycles. The van der Waals surface area contributed by atoms with E-state index in [-0.39, 0.29) is 29.8 Å². The van der Waals surface area contributed by atoms with Gasteiger partial charge >= 0.3 is 0 Å². The number of nitrogens with one attached hydrogen (secondary N) is 1. The molecule has 2 aromatic rings. The fraction of sp³-hybridized carbons (Fsp3) is 0.391. The normalized spacial score (nSPS) is 19.0. The van der Waals surface area contributed by atoms with Gasteiger partial charge in [-0.25, -0.2) is 0 Å². The average molecular weight is 380 g/mol. The van der Waals surface area contributed by atoms with Crippen molar-refractivity contribution in [3.63, 3.8) is 0 Å². The standard InChI is InChI=1S/C23H29N3O2/c1-16-8-6-7-15-26(16)23(28)19-11-13-20(14-12-19)25-22(27)17(2)21(24)18-9-4-3-5-10-18/h3-5,9-14,16-17,21H,6-8,15,24H2,1-2H3,(H,25,27). The Morgan fingerprint density at radius 1 is 1.07 bits per heavy atom. The highest BCUT2D eigenvalue weighted by Crippen LogP contribution is 2.22. The molecule has 2 aromatic carbocycles. The third kappa shape index (κ3) is 4.60. The van der Waals surface area contributed by atoms with Crippen LogP contribution in [0.1, 0.15) is 55.1 Å². The SMILES string of the molecule is CC(C(=O)Nc1ccc(C(=O)N2CCCCC2C)cc1)C(N)c1ccccc1. The Balaban J connectivity index is 1.62. The number of hydrogen-bond acceptors (Lipinski definition) is 3. The summed E-state index contributed by atoms with van der Waals surface area (Å²) >= 11 is 0. The van der Waals surface area contributed by atoms with Gasteiger partial charge in [0.1, 0.15) is 0 Å². The van der Waals surface area contributed by atoms with Crippen molar-refractivity contribution in [3.8, 4) is 0 Å². The van der Waals surface area contributed by atoms with Gasteiger partial charge in [0.2, 0.25) is 5.91 Å². The van der Waals surface area contributed by atoms with Crippen LogP contribution in [0.4, 0.5) is 5.69 Å². The van der Waals surface area contributed by atoms with Crippen molar-refractivity contribution in [1.82, 2.24) is 4.90 Å². The molecule has 3 rings (SSSR count). The third-order valence-corrected chi connectivity index (χ3v) is 5.60. The molecule has 1 aliphatic rings.